The average Bonchev–Trinajstić information content (AvgIpc) is 2.85. The van der Waals surface area contributed by atoms with Crippen molar-refractivity contribution < 1.29 is 0 Å². The molecular formula is C15H20IN3. The zero-order valence-corrected chi connectivity index (χ0v) is 13.5. The van der Waals surface area contributed by atoms with Gasteiger partial charge in [0.1, 0.15) is 0 Å². The maximum absolute atomic E-state index is 4.24. The summed E-state index contributed by atoms with van der Waals surface area (Å²) in [6, 6.07) is 8.53. The van der Waals surface area contributed by atoms with Gasteiger partial charge in [-0.05, 0) is 53.1 Å². The van der Waals surface area contributed by atoms with Gasteiger partial charge in [0.25, 0.3) is 0 Å². The predicted molar refractivity (Wildman–Crippen MR) is 86.1 cm³/mol. The van der Waals surface area contributed by atoms with Gasteiger partial charge in [-0.1, -0.05) is 43.5 Å². The number of hydrogen-bond donors (Lipinski definition) is 0. The number of benzene rings is 1. The number of rotatable bonds is 7. The SMILES string of the molecule is CCCCCCc1cn(Cc2ccc(I)cc2)nn1. The summed E-state index contributed by atoms with van der Waals surface area (Å²) in [7, 11) is 0. The van der Waals surface area contributed by atoms with E-state index >= 15 is 0 Å². The summed E-state index contributed by atoms with van der Waals surface area (Å²) in [4.78, 5) is 0. The number of aryl methyl sites for hydroxylation is 1. The highest BCUT2D eigenvalue weighted by Crippen LogP contribution is 2.09. The van der Waals surface area contributed by atoms with Gasteiger partial charge in [-0.25, -0.2) is 4.68 Å². The van der Waals surface area contributed by atoms with Crippen molar-refractivity contribution in [1.82, 2.24) is 15.0 Å². The Labute approximate surface area is 128 Å². The van der Waals surface area contributed by atoms with Crippen molar-refractivity contribution in [3.63, 3.8) is 0 Å². The minimum atomic E-state index is 0.804. The Morgan fingerprint density at radius 2 is 1.89 bits per heavy atom. The fourth-order valence-electron chi connectivity index (χ4n) is 2.04. The molecule has 1 aromatic carbocycles. The topological polar surface area (TPSA) is 30.7 Å². The molecule has 0 radical (unpaired) electrons. The van der Waals surface area contributed by atoms with Crippen LogP contribution in [0.4, 0.5) is 0 Å². The van der Waals surface area contributed by atoms with Gasteiger partial charge in [-0.2, -0.15) is 0 Å². The Balaban J connectivity index is 1.85. The minimum absolute atomic E-state index is 0.804. The van der Waals surface area contributed by atoms with Crippen LogP contribution in [-0.4, -0.2) is 15.0 Å². The molecule has 0 bridgehead atoms. The Morgan fingerprint density at radius 1 is 1.11 bits per heavy atom. The number of nitrogens with zero attached hydrogens (tertiary/aromatic N) is 3. The van der Waals surface area contributed by atoms with E-state index in [1.54, 1.807) is 0 Å². The molecule has 0 aliphatic heterocycles. The maximum atomic E-state index is 4.24. The quantitative estimate of drug-likeness (QED) is 0.545. The standard InChI is InChI=1S/C15H20IN3/c1-2-3-4-5-6-15-12-19(18-17-15)11-13-7-9-14(16)10-8-13/h7-10,12H,2-6,11H2,1H3. The van der Waals surface area contributed by atoms with E-state index in [0.717, 1.165) is 18.7 Å². The smallest absolute Gasteiger partial charge is 0.0827 e. The van der Waals surface area contributed by atoms with Crippen molar-refractivity contribution in [3.8, 4) is 0 Å². The molecular weight excluding hydrogens is 349 g/mol. The second-order valence-electron chi connectivity index (χ2n) is 4.84. The molecule has 0 saturated heterocycles. The number of hydrogen-bond acceptors (Lipinski definition) is 2. The van der Waals surface area contributed by atoms with E-state index in [-0.39, 0.29) is 0 Å². The largest absolute Gasteiger partial charge is 0.248 e. The fourth-order valence-corrected chi connectivity index (χ4v) is 2.40. The molecule has 19 heavy (non-hydrogen) atoms. The van der Waals surface area contributed by atoms with Crippen molar-refractivity contribution in [1.29, 1.82) is 0 Å². The van der Waals surface area contributed by atoms with Gasteiger partial charge in [0.05, 0.1) is 12.2 Å². The molecule has 1 aromatic heterocycles. The van der Waals surface area contributed by atoms with Crippen LogP contribution in [0.3, 0.4) is 0 Å². The van der Waals surface area contributed by atoms with Crippen LogP contribution in [0, 0.1) is 3.57 Å². The summed E-state index contributed by atoms with van der Waals surface area (Å²) < 4.78 is 3.19. The van der Waals surface area contributed by atoms with Crippen LogP contribution < -0.4 is 0 Å². The second-order valence-corrected chi connectivity index (χ2v) is 6.09. The van der Waals surface area contributed by atoms with Gasteiger partial charge >= 0.3 is 0 Å². The van der Waals surface area contributed by atoms with Gasteiger partial charge in [-0.3, -0.25) is 0 Å². The maximum Gasteiger partial charge on any atom is 0.0827 e. The molecule has 0 aliphatic rings. The van der Waals surface area contributed by atoms with Crippen molar-refractivity contribution in [2.75, 3.05) is 0 Å². The first-order chi connectivity index (χ1) is 9.28. The lowest BCUT2D eigenvalue weighted by Crippen LogP contribution is -2.00. The van der Waals surface area contributed by atoms with Gasteiger partial charge in [0.2, 0.25) is 0 Å². The van der Waals surface area contributed by atoms with E-state index in [1.807, 2.05) is 4.68 Å². The van der Waals surface area contributed by atoms with E-state index in [4.69, 9.17) is 0 Å². The van der Waals surface area contributed by atoms with Crippen molar-refractivity contribution in [2.24, 2.45) is 0 Å². The molecule has 0 unspecified atom stereocenters. The van der Waals surface area contributed by atoms with Gasteiger partial charge in [0.15, 0.2) is 0 Å². The first-order valence-corrected chi connectivity index (χ1v) is 7.99. The predicted octanol–water partition coefficient (Wildman–Crippen LogP) is 4.05. The summed E-state index contributed by atoms with van der Waals surface area (Å²) in [5.74, 6) is 0. The summed E-state index contributed by atoms with van der Waals surface area (Å²) in [6.07, 6.45) is 8.23. The summed E-state index contributed by atoms with van der Waals surface area (Å²) >= 11 is 2.32. The highest BCUT2D eigenvalue weighted by molar-refractivity contribution is 14.1. The van der Waals surface area contributed by atoms with Gasteiger partial charge < -0.3 is 0 Å². The van der Waals surface area contributed by atoms with Crippen LogP contribution in [0.5, 0.6) is 0 Å². The molecule has 0 atom stereocenters. The van der Waals surface area contributed by atoms with Crippen LogP contribution >= 0.6 is 22.6 Å². The van der Waals surface area contributed by atoms with Crippen LogP contribution in [0.1, 0.15) is 43.9 Å². The third kappa shape index (κ3) is 4.93. The average molecular weight is 369 g/mol. The fraction of sp³-hybridized carbons (Fsp3) is 0.467. The third-order valence-electron chi connectivity index (χ3n) is 3.13. The molecule has 0 spiro atoms. The van der Waals surface area contributed by atoms with E-state index in [0.29, 0.717) is 0 Å². The molecule has 102 valence electrons. The molecule has 0 fully saturated rings. The number of unbranched alkanes of at least 4 members (excludes halogenated alkanes) is 3. The molecule has 0 N–H and O–H groups in total. The van der Waals surface area contributed by atoms with E-state index < -0.39 is 0 Å². The Kier molecular flexibility index (Phi) is 5.82. The minimum Gasteiger partial charge on any atom is -0.248 e. The highest BCUT2D eigenvalue weighted by Gasteiger charge is 2.01. The third-order valence-corrected chi connectivity index (χ3v) is 3.85. The van der Waals surface area contributed by atoms with Crippen LogP contribution in [0.15, 0.2) is 30.5 Å². The van der Waals surface area contributed by atoms with E-state index in [2.05, 4.69) is 70.3 Å². The first kappa shape index (κ1) is 14.5. The monoisotopic (exact) mass is 369 g/mol. The molecule has 0 aliphatic carbocycles. The van der Waals surface area contributed by atoms with E-state index in [1.165, 1.54) is 34.8 Å². The number of aromatic nitrogens is 3. The van der Waals surface area contributed by atoms with Crippen molar-refractivity contribution in [2.45, 2.75) is 45.6 Å². The summed E-state index contributed by atoms with van der Waals surface area (Å²) in [5.41, 5.74) is 2.38. The lowest BCUT2D eigenvalue weighted by atomic mass is 10.1. The van der Waals surface area contributed by atoms with E-state index in [9.17, 15) is 0 Å². The van der Waals surface area contributed by atoms with Gasteiger partial charge in [0, 0.05) is 9.77 Å². The molecule has 1 heterocycles. The Morgan fingerprint density at radius 3 is 2.63 bits per heavy atom. The second kappa shape index (κ2) is 7.62. The highest BCUT2D eigenvalue weighted by atomic mass is 127. The normalized spacial score (nSPS) is 10.8. The Bertz CT molecular complexity index is 490. The van der Waals surface area contributed by atoms with Crippen LogP contribution in [0.25, 0.3) is 0 Å². The molecule has 3 nitrogen and oxygen atoms in total. The number of halogens is 1. The Hall–Kier alpha value is -0.910. The molecule has 2 aromatic rings. The molecule has 4 heteroatoms. The lowest BCUT2D eigenvalue weighted by molar-refractivity contribution is 0.646. The zero-order valence-electron chi connectivity index (χ0n) is 11.3. The van der Waals surface area contributed by atoms with Crippen molar-refractivity contribution >= 4 is 22.6 Å². The van der Waals surface area contributed by atoms with Gasteiger partial charge in [-0.15, -0.1) is 5.10 Å². The molecule has 0 saturated carbocycles. The van der Waals surface area contributed by atoms with Crippen molar-refractivity contribution in [3.05, 3.63) is 45.3 Å². The summed E-state index contributed by atoms with van der Waals surface area (Å²) in [5, 5.41) is 8.44. The molecule has 2 rings (SSSR count). The lowest BCUT2D eigenvalue weighted by Gasteiger charge is -2.00. The first-order valence-electron chi connectivity index (χ1n) is 6.91. The van der Waals surface area contributed by atoms with Crippen LogP contribution in [0.2, 0.25) is 0 Å². The zero-order chi connectivity index (χ0) is 13.5. The molecule has 0 amide bonds. The summed E-state index contributed by atoms with van der Waals surface area (Å²) in [6.45, 7) is 3.04. The van der Waals surface area contributed by atoms with Crippen LogP contribution in [-0.2, 0) is 13.0 Å².